The third-order valence-electron chi connectivity index (χ3n) is 4.98. The van der Waals surface area contributed by atoms with Gasteiger partial charge in [-0.25, -0.2) is 0 Å². The van der Waals surface area contributed by atoms with E-state index >= 15 is 0 Å². The summed E-state index contributed by atoms with van der Waals surface area (Å²) >= 11 is 0. The number of piperidine rings is 2. The number of amides is 2. The van der Waals surface area contributed by atoms with Gasteiger partial charge >= 0.3 is 0 Å². The Bertz CT molecular complexity index is 395. The summed E-state index contributed by atoms with van der Waals surface area (Å²) in [6.45, 7) is 7.41. The molecule has 2 heterocycles. The van der Waals surface area contributed by atoms with Gasteiger partial charge in [-0.3, -0.25) is 9.59 Å². The van der Waals surface area contributed by atoms with Gasteiger partial charge in [0.2, 0.25) is 11.8 Å². The summed E-state index contributed by atoms with van der Waals surface area (Å²) in [5.74, 6) is 1.24. The highest BCUT2D eigenvalue weighted by Gasteiger charge is 2.31. The molecule has 23 heavy (non-hydrogen) atoms. The molecule has 5 nitrogen and oxygen atoms in total. The Labute approximate surface area is 146 Å². The summed E-state index contributed by atoms with van der Waals surface area (Å²) in [4.78, 5) is 28.7. The molecule has 2 atom stereocenters. The fourth-order valence-electron chi connectivity index (χ4n) is 3.53. The summed E-state index contributed by atoms with van der Waals surface area (Å²) < 4.78 is 0. The highest BCUT2D eigenvalue weighted by molar-refractivity contribution is 5.85. The molecule has 2 rings (SSSR count). The molecule has 6 heteroatoms. The van der Waals surface area contributed by atoms with Crippen LogP contribution >= 0.6 is 12.4 Å². The maximum absolute atomic E-state index is 12.6. The summed E-state index contributed by atoms with van der Waals surface area (Å²) in [5.41, 5.74) is 5.70. The molecule has 2 aliphatic heterocycles. The Morgan fingerprint density at radius 2 is 1.78 bits per heavy atom. The van der Waals surface area contributed by atoms with Gasteiger partial charge in [0.25, 0.3) is 0 Å². The minimum atomic E-state index is 0. The highest BCUT2D eigenvalue weighted by atomic mass is 35.5. The third-order valence-corrected chi connectivity index (χ3v) is 4.98. The van der Waals surface area contributed by atoms with E-state index in [1.807, 2.05) is 16.7 Å². The van der Waals surface area contributed by atoms with E-state index < -0.39 is 0 Å². The van der Waals surface area contributed by atoms with Crippen LogP contribution < -0.4 is 5.73 Å². The molecule has 0 aromatic carbocycles. The average Bonchev–Trinajstić information content (AvgIpc) is 2.52. The molecule has 0 aromatic heterocycles. The van der Waals surface area contributed by atoms with Crippen LogP contribution in [0.1, 0.15) is 52.4 Å². The molecule has 134 valence electrons. The number of hydrogen-bond donors (Lipinski definition) is 1. The first kappa shape index (κ1) is 20.2. The Morgan fingerprint density at radius 1 is 1.13 bits per heavy atom. The second kappa shape index (κ2) is 9.48. The molecule has 0 aromatic rings. The van der Waals surface area contributed by atoms with Crippen LogP contribution in [-0.2, 0) is 9.59 Å². The van der Waals surface area contributed by atoms with Crippen molar-refractivity contribution in [1.29, 1.82) is 0 Å². The normalized spacial score (nSPS) is 24.0. The average molecular weight is 346 g/mol. The number of nitrogens with two attached hydrogens (primary N) is 1. The van der Waals surface area contributed by atoms with Crippen molar-refractivity contribution in [3.05, 3.63) is 0 Å². The molecule has 0 radical (unpaired) electrons. The van der Waals surface area contributed by atoms with Crippen LogP contribution in [0.15, 0.2) is 0 Å². The second-order valence-electron chi connectivity index (χ2n) is 7.20. The van der Waals surface area contributed by atoms with E-state index in [0.29, 0.717) is 18.2 Å². The van der Waals surface area contributed by atoms with Gasteiger partial charge in [-0.1, -0.05) is 6.92 Å². The smallest absolute Gasteiger partial charge is 0.225 e. The van der Waals surface area contributed by atoms with Crippen LogP contribution in [0.3, 0.4) is 0 Å². The number of halogens is 1. The maximum atomic E-state index is 12.6. The van der Waals surface area contributed by atoms with Gasteiger partial charge in [0, 0.05) is 44.6 Å². The minimum Gasteiger partial charge on any atom is -0.343 e. The van der Waals surface area contributed by atoms with E-state index in [1.54, 1.807) is 0 Å². The predicted octanol–water partition coefficient (Wildman–Crippen LogP) is 2.03. The number of likely N-dealkylation sites (tertiary alicyclic amines) is 2. The molecule has 2 aliphatic rings. The van der Waals surface area contributed by atoms with E-state index in [9.17, 15) is 9.59 Å². The maximum Gasteiger partial charge on any atom is 0.225 e. The summed E-state index contributed by atoms with van der Waals surface area (Å²) in [5, 5.41) is 0. The number of carbonyl (C=O) groups excluding carboxylic acids is 2. The largest absolute Gasteiger partial charge is 0.343 e. The quantitative estimate of drug-likeness (QED) is 0.847. The standard InChI is InChI=1S/C17H31N3O2.ClH/c1-13-4-3-9-20(12-13)17(22)15-7-10-19(11-8-15)16(21)6-5-14(2)18;/h13-15H,3-12,18H2,1-2H3;1H. The van der Waals surface area contributed by atoms with Crippen molar-refractivity contribution in [3.63, 3.8) is 0 Å². The summed E-state index contributed by atoms with van der Waals surface area (Å²) in [6.07, 6.45) is 5.25. The van der Waals surface area contributed by atoms with Gasteiger partial charge in [-0.05, 0) is 44.9 Å². The van der Waals surface area contributed by atoms with Crippen LogP contribution in [0.2, 0.25) is 0 Å². The van der Waals surface area contributed by atoms with E-state index in [1.165, 1.54) is 6.42 Å². The zero-order chi connectivity index (χ0) is 16.1. The van der Waals surface area contributed by atoms with Gasteiger partial charge in [-0.15, -0.1) is 12.4 Å². The molecule has 0 saturated carbocycles. The van der Waals surface area contributed by atoms with Crippen molar-refractivity contribution >= 4 is 24.2 Å². The topological polar surface area (TPSA) is 66.6 Å². The summed E-state index contributed by atoms with van der Waals surface area (Å²) in [6, 6.07) is 0.0733. The van der Waals surface area contributed by atoms with Crippen molar-refractivity contribution in [1.82, 2.24) is 9.80 Å². The molecule has 2 unspecified atom stereocenters. The van der Waals surface area contributed by atoms with Crippen LogP contribution in [0, 0.1) is 11.8 Å². The van der Waals surface area contributed by atoms with Gasteiger partial charge < -0.3 is 15.5 Å². The number of nitrogens with zero attached hydrogens (tertiary/aromatic N) is 2. The van der Waals surface area contributed by atoms with Gasteiger partial charge in [0.1, 0.15) is 0 Å². The lowest BCUT2D eigenvalue weighted by atomic mass is 9.92. The van der Waals surface area contributed by atoms with E-state index in [-0.39, 0.29) is 30.3 Å². The first-order chi connectivity index (χ1) is 10.5. The Morgan fingerprint density at radius 3 is 2.35 bits per heavy atom. The summed E-state index contributed by atoms with van der Waals surface area (Å²) in [7, 11) is 0. The lowest BCUT2D eigenvalue weighted by Gasteiger charge is -2.37. The van der Waals surface area contributed by atoms with E-state index in [2.05, 4.69) is 6.92 Å². The second-order valence-corrected chi connectivity index (χ2v) is 7.20. The molecule has 0 bridgehead atoms. The molecule has 2 fully saturated rings. The first-order valence-corrected chi connectivity index (χ1v) is 8.79. The van der Waals surface area contributed by atoms with Crippen molar-refractivity contribution in [2.45, 2.75) is 58.4 Å². The fraction of sp³-hybridized carbons (Fsp3) is 0.882. The minimum absolute atomic E-state index is 0. The van der Waals surface area contributed by atoms with Crippen LogP contribution in [0.5, 0.6) is 0 Å². The van der Waals surface area contributed by atoms with Crippen molar-refractivity contribution in [3.8, 4) is 0 Å². The van der Waals surface area contributed by atoms with Crippen molar-refractivity contribution in [2.24, 2.45) is 17.6 Å². The van der Waals surface area contributed by atoms with Crippen LogP contribution in [0.4, 0.5) is 0 Å². The zero-order valence-electron chi connectivity index (χ0n) is 14.5. The molecule has 0 aliphatic carbocycles. The number of rotatable bonds is 4. The van der Waals surface area contributed by atoms with Crippen LogP contribution in [0.25, 0.3) is 0 Å². The monoisotopic (exact) mass is 345 g/mol. The molecule has 0 spiro atoms. The van der Waals surface area contributed by atoms with Gasteiger partial charge in [-0.2, -0.15) is 0 Å². The SMILES string of the molecule is CC(N)CCC(=O)N1CCC(C(=O)N2CCCC(C)C2)CC1.Cl. The fourth-order valence-corrected chi connectivity index (χ4v) is 3.53. The number of hydrogen-bond acceptors (Lipinski definition) is 3. The lowest BCUT2D eigenvalue weighted by molar-refractivity contribution is -0.142. The molecule has 2 saturated heterocycles. The van der Waals surface area contributed by atoms with Crippen molar-refractivity contribution in [2.75, 3.05) is 26.2 Å². The first-order valence-electron chi connectivity index (χ1n) is 8.79. The Balaban J connectivity index is 0.00000264. The highest BCUT2D eigenvalue weighted by Crippen LogP contribution is 2.24. The molecular weight excluding hydrogens is 314 g/mol. The van der Waals surface area contributed by atoms with E-state index in [4.69, 9.17) is 5.73 Å². The third kappa shape index (κ3) is 5.96. The van der Waals surface area contributed by atoms with Gasteiger partial charge in [0.15, 0.2) is 0 Å². The van der Waals surface area contributed by atoms with Crippen LogP contribution in [-0.4, -0.2) is 53.8 Å². The molecular formula is C17H32ClN3O2. The Hall–Kier alpha value is -0.810. The zero-order valence-corrected chi connectivity index (χ0v) is 15.3. The Kier molecular flexibility index (Phi) is 8.34. The number of carbonyl (C=O) groups is 2. The lowest BCUT2D eigenvalue weighted by Crippen LogP contribution is -2.47. The predicted molar refractivity (Wildman–Crippen MR) is 94.4 cm³/mol. The molecule has 2 amide bonds. The molecule has 2 N–H and O–H groups in total. The van der Waals surface area contributed by atoms with Crippen molar-refractivity contribution < 1.29 is 9.59 Å². The van der Waals surface area contributed by atoms with Gasteiger partial charge in [0.05, 0.1) is 0 Å². The van der Waals surface area contributed by atoms with E-state index in [0.717, 1.165) is 51.9 Å².